The van der Waals surface area contributed by atoms with Gasteiger partial charge in [-0.3, -0.25) is 9.48 Å². The zero-order valence-corrected chi connectivity index (χ0v) is 13.3. The lowest BCUT2D eigenvalue weighted by molar-refractivity contribution is 0.0719. The van der Waals surface area contributed by atoms with E-state index >= 15 is 0 Å². The molecule has 1 aromatic heterocycles. The van der Waals surface area contributed by atoms with Crippen molar-refractivity contribution in [2.75, 3.05) is 11.9 Å². The number of hydrogen-bond acceptors (Lipinski definition) is 2. The number of amides is 1. The molecule has 0 aromatic carbocycles. The van der Waals surface area contributed by atoms with Crippen molar-refractivity contribution in [2.45, 2.75) is 45.1 Å². The standard InChI is InChI=1S/C14H22BrN3O/c1-3-11-10-13(17(2)16-11)14(19)18-9-5-7-12(18)6-4-8-15/h10,12H,3-9H2,1-2H3. The minimum absolute atomic E-state index is 0.145. The maximum Gasteiger partial charge on any atom is 0.272 e. The van der Waals surface area contributed by atoms with Crippen LogP contribution in [0.1, 0.15) is 48.8 Å². The fourth-order valence-electron chi connectivity index (χ4n) is 2.76. The average molecular weight is 328 g/mol. The van der Waals surface area contributed by atoms with Gasteiger partial charge in [-0.15, -0.1) is 0 Å². The minimum Gasteiger partial charge on any atom is -0.334 e. The molecule has 1 aliphatic heterocycles. The molecular weight excluding hydrogens is 306 g/mol. The third kappa shape index (κ3) is 3.19. The molecule has 1 unspecified atom stereocenters. The third-order valence-corrected chi connectivity index (χ3v) is 4.38. The number of halogens is 1. The van der Waals surface area contributed by atoms with E-state index in [1.165, 1.54) is 0 Å². The summed E-state index contributed by atoms with van der Waals surface area (Å²) in [5, 5.41) is 5.38. The molecular formula is C14H22BrN3O. The Kier molecular flexibility index (Phi) is 5.02. The summed E-state index contributed by atoms with van der Waals surface area (Å²) in [6.07, 6.45) is 5.35. The lowest BCUT2D eigenvalue weighted by Crippen LogP contribution is -2.36. The zero-order chi connectivity index (χ0) is 13.8. The molecule has 0 radical (unpaired) electrons. The van der Waals surface area contributed by atoms with Gasteiger partial charge < -0.3 is 4.90 Å². The molecule has 0 saturated carbocycles. The van der Waals surface area contributed by atoms with Crippen LogP contribution in [0, 0.1) is 0 Å². The monoisotopic (exact) mass is 327 g/mol. The summed E-state index contributed by atoms with van der Waals surface area (Å²) in [5.74, 6) is 0.145. The van der Waals surface area contributed by atoms with Crippen molar-refractivity contribution in [1.29, 1.82) is 0 Å². The number of hydrogen-bond donors (Lipinski definition) is 0. The third-order valence-electron chi connectivity index (χ3n) is 3.82. The minimum atomic E-state index is 0.145. The molecule has 19 heavy (non-hydrogen) atoms. The fraction of sp³-hybridized carbons (Fsp3) is 0.714. The van der Waals surface area contributed by atoms with Gasteiger partial charge in [0, 0.05) is 25.0 Å². The first-order valence-corrected chi connectivity index (χ1v) is 8.19. The normalized spacial score (nSPS) is 19.1. The molecule has 1 aliphatic rings. The summed E-state index contributed by atoms with van der Waals surface area (Å²) in [6, 6.07) is 2.34. The number of carbonyl (C=O) groups is 1. The maximum absolute atomic E-state index is 12.6. The van der Waals surface area contributed by atoms with Gasteiger partial charge in [-0.25, -0.2) is 0 Å². The highest BCUT2D eigenvalue weighted by atomic mass is 79.9. The molecule has 0 spiro atoms. The summed E-state index contributed by atoms with van der Waals surface area (Å²) >= 11 is 3.47. The topological polar surface area (TPSA) is 38.1 Å². The number of aryl methyl sites for hydroxylation is 2. The van der Waals surface area contributed by atoms with E-state index in [1.807, 2.05) is 18.0 Å². The van der Waals surface area contributed by atoms with E-state index in [0.717, 1.165) is 55.4 Å². The first-order chi connectivity index (χ1) is 9.17. The van der Waals surface area contributed by atoms with E-state index in [9.17, 15) is 4.79 Å². The number of carbonyl (C=O) groups excluding carboxylic acids is 1. The van der Waals surface area contributed by atoms with E-state index in [1.54, 1.807) is 4.68 Å². The highest BCUT2D eigenvalue weighted by Crippen LogP contribution is 2.24. The summed E-state index contributed by atoms with van der Waals surface area (Å²) in [6.45, 7) is 2.95. The predicted octanol–water partition coefficient (Wildman–Crippen LogP) is 2.76. The van der Waals surface area contributed by atoms with Gasteiger partial charge in [-0.1, -0.05) is 22.9 Å². The lowest BCUT2D eigenvalue weighted by atomic mass is 10.1. The van der Waals surface area contributed by atoms with Crippen molar-refractivity contribution < 1.29 is 4.79 Å². The molecule has 1 atom stereocenters. The Morgan fingerprint density at radius 2 is 2.37 bits per heavy atom. The van der Waals surface area contributed by atoms with E-state index in [2.05, 4.69) is 28.0 Å². The van der Waals surface area contributed by atoms with Crippen molar-refractivity contribution in [2.24, 2.45) is 7.05 Å². The molecule has 4 nitrogen and oxygen atoms in total. The first kappa shape index (κ1) is 14.6. The Balaban J connectivity index is 2.11. The lowest BCUT2D eigenvalue weighted by Gasteiger charge is -2.24. The van der Waals surface area contributed by atoms with Crippen LogP contribution in [0.3, 0.4) is 0 Å². The van der Waals surface area contributed by atoms with Crippen LogP contribution < -0.4 is 0 Å². The Hall–Kier alpha value is -0.840. The van der Waals surface area contributed by atoms with Crippen LogP contribution in [-0.4, -0.2) is 38.5 Å². The van der Waals surface area contributed by atoms with Crippen LogP contribution >= 0.6 is 15.9 Å². The predicted molar refractivity (Wildman–Crippen MR) is 79.7 cm³/mol. The van der Waals surface area contributed by atoms with E-state index in [4.69, 9.17) is 0 Å². The van der Waals surface area contributed by atoms with Gasteiger partial charge >= 0.3 is 0 Å². The van der Waals surface area contributed by atoms with Gasteiger partial charge in [0.2, 0.25) is 0 Å². The maximum atomic E-state index is 12.6. The second kappa shape index (κ2) is 6.55. The number of alkyl halides is 1. The fourth-order valence-corrected chi connectivity index (χ4v) is 3.09. The molecule has 5 heteroatoms. The van der Waals surface area contributed by atoms with Crippen LogP contribution in [-0.2, 0) is 13.5 Å². The Morgan fingerprint density at radius 1 is 1.58 bits per heavy atom. The molecule has 1 saturated heterocycles. The van der Waals surface area contributed by atoms with Gasteiger partial charge in [-0.05, 0) is 38.2 Å². The molecule has 0 aliphatic carbocycles. The number of nitrogens with zero attached hydrogens (tertiary/aromatic N) is 3. The van der Waals surface area contributed by atoms with Crippen molar-refractivity contribution in [3.05, 3.63) is 17.5 Å². The summed E-state index contributed by atoms with van der Waals surface area (Å²) < 4.78 is 1.72. The van der Waals surface area contributed by atoms with Crippen LogP contribution in [0.4, 0.5) is 0 Å². The summed E-state index contributed by atoms with van der Waals surface area (Å²) in [4.78, 5) is 14.7. The Bertz CT molecular complexity index is 444. The number of likely N-dealkylation sites (tertiary alicyclic amines) is 1. The number of aromatic nitrogens is 2. The molecule has 0 bridgehead atoms. The highest BCUT2D eigenvalue weighted by Gasteiger charge is 2.30. The van der Waals surface area contributed by atoms with E-state index < -0.39 is 0 Å². The van der Waals surface area contributed by atoms with Gasteiger partial charge in [0.05, 0.1) is 5.69 Å². The SMILES string of the molecule is CCc1cc(C(=O)N2CCCC2CCCBr)n(C)n1. The average Bonchev–Trinajstić information content (AvgIpc) is 3.01. The van der Waals surface area contributed by atoms with Crippen molar-refractivity contribution in [3.8, 4) is 0 Å². The van der Waals surface area contributed by atoms with E-state index in [0.29, 0.717) is 6.04 Å². The van der Waals surface area contributed by atoms with Crippen molar-refractivity contribution in [3.63, 3.8) is 0 Å². The molecule has 0 N–H and O–H groups in total. The molecule has 106 valence electrons. The second-order valence-electron chi connectivity index (χ2n) is 5.12. The molecule has 1 amide bonds. The van der Waals surface area contributed by atoms with Crippen LogP contribution in [0.2, 0.25) is 0 Å². The molecule has 2 rings (SSSR count). The van der Waals surface area contributed by atoms with Gasteiger partial charge in [0.25, 0.3) is 5.91 Å². The smallest absolute Gasteiger partial charge is 0.272 e. The first-order valence-electron chi connectivity index (χ1n) is 7.07. The Labute approximate surface area is 123 Å². The number of rotatable bonds is 5. The highest BCUT2D eigenvalue weighted by molar-refractivity contribution is 9.09. The van der Waals surface area contributed by atoms with Crippen LogP contribution in [0.15, 0.2) is 6.07 Å². The quantitative estimate of drug-likeness (QED) is 0.780. The molecule has 2 heterocycles. The van der Waals surface area contributed by atoms with Crippen molar-refractivity contribution >= 4 is 21.8 Å². The van der Waals surface area contributed by atoms with E-state index in [-0.39, 0.29) is 5.91 Å². The van der Waals surface area contributed by atoms with Crippen molar-refractivity contribution in [1.82, 2.24) is 14.7 Å². The molecule has 1 fully saturated rings. The van der Waals surface area contributed by atoms with Crippen LogP contribution in [0.25, 0.3) is 0 Å². The second-order valence-corrected chi connectivity index (χ2v) is 5.92. The van der Waals surface area contributed by atoms with Gasteiger partial charge in [-0.2, -0.15) is 5.10 Å². The summed E-state index contributed by atoms with van der Waals surface area (Å²) in [7, 11) is 1.86. The summed E-state index contributed by atoms with van der Waals surface area (Å²) in [5.41, 5.74) is 1.71. The zero-order valence-electron chi connectivity index (χ0n) is 11.7. The largest absolute Gasteiger partial charge is 0.334 e. The van der Waals surface area contributed by atoms with Crippen LogP contribution in [0.5, 0.6) is 0 Å². The molecule has 1 aromatic rings. The Morgan fingerprint density at radius 3 is 3.00 bits per heavy atom. The van der Waals surface area contributed by atoms with Gasteiger partial charge in [0.15, 0.2) is 0 Å². The van der Waals surface area contributed by atoms with Gasteiger partial charge in [0.1, 0.15) is 5.69 Å².